The molecule has 0 heterocycles. The van der Waals surface area contributed by atoms with E-state index in [1.807, 2.05) is 0 Å². The third-order valence-corrected chi connectivity index (χ3v) is 0. The summed E-state index contributed by atoms with van der Waals surface area (Å²) in [5.41, 5.74) is 0. The van der Waals surface area contributed by atoms with E-state index in [1.165, 1.54) is 0 Å². The normalized spacial score (nSPS) is 0. The Morgan fingerprint density at radius 1 is 0.500 bits per heavy atom. The van der Waals surface area contributed by atoms with Gasteiger partial charge in [-0.1, -0.05) is 0 Å². The van der Waals surface area contributed by atoms with E-state index in [2.05, 4.69) is 0 Å². The quantitative estimate of drug-likeness (QED) is 0.335. The molecule has 0 bridgehead atoms. The van der Waals surface area contributed by atoms with Crippen LogP contribution in [0.1, 0.15) is 0 Å². The summed E-state index contributed by atoms with van der Waals surface area (Å²) in [6.45, 7) is 0. The first kappa shape index (κ1) is 1750. The summed E-state index contributed by atoms with van der Waals surface area (Å²) in [6.07, 6.45) is 0. The molecule has 0 aromatic rings. The van der Waals surface area contributed by atoms with Gasteiger partial charge in [0.05, 0.1) is 0 Å². The van der Waals surface area contributed by atoms with Crippen molar-refractivity contribution < 1.29 is 44.4 Å². The zero-order valence-corrected chi connectivity index (χ0v) is 3.95. The van der Waals surface area contributed by atoms with Crippen molar-refractivity contribution in [3.63, 3.8) is 0 Å². The van der Waals surface area contributed by atoms with Gasteiger partial charge in [-0.3, -0.25) is 0 Å². The van der Waals surface area contributed by atoms with Gasteiger partial charge in [0.15, 0.2) is 0 Å². The van der Waals surface area contributed by atoms with E-state index in [4.69, 9.17) is 0 Å². The maximum Gasteiger partial charge on any atom is 2.00 e. The van der Waals surface area contributed by atoms with Gasteiger partial charge in [-0.05, 0) is 0 Å². The van der Waals surface area contributed by atoms with Gasteiger partial charge in [-0.15, -0.1) is 0 Å². The first-order valence-corrected chi connectivity index (χ1v) is 0. The van der Waals surface area contributed by atoms with E-state index in [9.17, 15) is 0 Å². The Hall–Kier alpha value is 0.319. The van der Waals surface area contributed by atoms with Gasteiger partial charge < -0.3 is 27.4 Å². The van der Waals surface area contributed by atoms with Crippen molar-refractivity contribution in [2.24, 2.45) is 0 Å². The fraction of sp³-hybridized carbons (Fsp3) is 0. The summed E-state index contributed by atoms with van der Waals surface area (Å²) in [5, 5.41) is 0. The van der Waals surface area contributed by atoms with Crippen molar-refractivity contribution in [1.29, 1.82) is 0 Å². The molecule has 0 aromatic carbocycles. The van der Waals surface area contributed by atoms with Gasteiger partial charge in [0.25, 0.3) is 0 Å². The van der Waals surface area contributed by atoms with Crippen LogP contribution in [0.4, 0.5) is 0 Å². The molecule has 1 radical (unpaired) electrons. The van der Waals surface area contributed by atoms with Crippen LogP contribution in [0, 0.1) is 0 Å². The summed E-state index contributed by atoms with van der Waals surface area (Å²) in [6, 6.07) is 0. The topological polar surface area (TPSA) is 154 Å². The van der Waals surface area contributed by atoms with Gasteiger partial charge in [-0.25, -0.2) is 0 Å². The largest absolute Gasteiger partial charge is 2.00 e. The molecular formula is H8MnO5. The van der Waals surface area contributed by atoms with Crippen molar-refractivity contribution in [3.8, 4) is 0 Å². The molecule has 0 spiro atoms. The Kier molecular flexibility index (Phi) is 284000. The van der Waals surface area contributed by atoms with E-state index in [1.54, 1.807) is 0 Å². The van der Waals surface area contributed by atoms with Crippen LogP contribution in [0.3, 0.4) is 0 Å². The second-order valence-corrected chi connectivity index (χ2v) is 0. The molecule has 0 aliphatic rings. The molecule has 8 N–H and O–H groups in total. The second-order valence-electron chi connectivity index (χ2n) is 0. The first-order valence-electron chi connectivity index (χ1n) is 0. The van der Waals surface area contributed by atoms with Crippen molar-refractivity contribution >= 4 is 0 Å². The maximum absolute atomic E-state index is 0. The van der Waals surface area contributed by atoms with Crippen LogP contribution in [0.2, 0.25) is 0 Å². The zero-order valence-electron chi connectivity index (χ0n) is 2.77. The van der Waals surface area contributed by atoms with Crippen molar-refractivity contribution in [3.05, 3.63) is 0 Å². The van der Waals surface area contributed by atoms with E-state index >= 15 is 0 Å². The van der Waals surface area contributed by atoms with Gasteiger partial charge in [0.2, 0.25) is 0 Å². The maximum atomic E-state index is 0. The van der Waals surface area contributed by atoms with Crippen LogP contribution in [-0.4, -0.2) is 27.4 Å². The second kappa shape index (κ2) is 972. The molecule has 0 saturated heterocycles. The Morgan fingerprint density at radius 3 is 0.500 bits per heavy atom. The summed E-state index contributed by atoms with van der Waals surface area (Å²) in [5.74, 6) is 0. The van der Waals surface area contributed by atoms with E-state index in [-0.39, 0.29) is 44.4 Å². The van der Waals surface area contributed by atoms with Crippen molar-refractivity contribution in [1.82, 2.24) is 0 Å². The van der Waals surface area contributed by atoms with Crippen molar-refractivity contribution in [2.45, 2.75) is 0 Å². The molecule has 0 amide bonds. The zero-order chi connectivity index (χ0) is 0. The van der Waals surface area contributed by atoms with Gasteiger partial charge in [-0.2, -0.15) is 0 Å². The fourth-order valence-electron chi connectivity index (χ4n) is 0. The smallest absolute Gasteiger partial charge is 0.870 e. The monoisotopic (exact) mass is 143 g/mol. The molecule has 0 aliphatic carbocycles. The fourth-order valence-corrected chi connectivity index (χ4v) is 0. The average molecular weight is 143 g/mol. The summed E-state index contributed by atoms with van der Waals surface area (Å²) in [4.78, 5) is 0. The van der Waals surface area contributed by atoms with Crippen LogP contribution in [0.25, 0.3) is 0 Å². The number of hydrogen-bond donors (Lipinski definition) is 0. The molecule has 6 heteroatoms. The van der Waals surface area contributed by atoms with Gasteiger partial charge in [0.1, 0.15) is 0 Å². The average Bonchev–Trinajstić information content (AvgIpc) is 0. The SMILES string of the molecule is O.O.O.[Mn+2].[OH-].[OH-]. The summed E-state index contributed by atoms with van der Waals surface area (Å²) in [7, 11) is 0. The minimum Gasteiger partial charge on any atom is -0.870 e. The Bertz CT molecular complexity index is 3.90. The molecule has 0 aromatic heterocycles. The molecule has 0 aliphatic heterocycles. The summed E-state index contributed by atoms with van der Waals surface area (Å²) >= 11 is 0. The third kappa shape index (κ3) is 466. The Labute approximate surface area is 45.4 Å². The molecule has 6 heavy (non-hydrogen) atoms. The van der Waals surface area contributed by atoms with Gasteiger partial charge in [0, 0.05) is 0 Å². The summed E-state index contributed by atoms with van der Waals surface area (Å²) < 4.78 is 0. The predicted molar refractivity (Wildman–Crippen MR) is 14.7 cm³/mol. The number of rotatable bonds is 0. The van der Waals surface area contributed by atoms with Gasteiger partial charge >= 0.3 is 17.1 Å². The Morgan fingerprint density at radius 2 is 0.500 bits per heavy atom. The minimum atomic E-state index is 0. The predicted octanol–water partition coefficient (Wildman–Crippen LogP) is -2.83. The minimum absolute atomic E-state index is 0. The molecule has 0 rings (SSSR count). The molecule has 0 fully saturated rings. The van der Waals surface area contributed by atoms with Crippen LogP contribution in [-0.2, 0) is 17.1 Å². The molecular weight excluding hydrogens is 135 g/mol. The number of hydrogen-bond acceptors (Lipinski definition) is 2. The molecule has 0 unspecified atom stereocenters. The van der Waals surface area contributed by atoms with Crippen molar-refractivity contribution in [2.75, 3.05) is 0 Å². The molecule has 0 saturated carbocycles. The van der Waals surface area contributed by atoms with E-state index in [0.717, 1.165) is 0 Å². The van der Waals surface area contributed by atoms with Crippen LogP contribution >= 0.6 is 0 Å². The van der Waals surface area contributed by atoms with E-state index < -0.39 is 0 Å². The van der Waals surface area contributed by atoms with Crippen LogP contribution in [0.5, 0.6) is 0 Å². The molecule has 5 nitrogen and oxygen atoms in total. The molecule has 0 atom stereocenters. The molecule has 45 valence electrons. The standard InChI is InChI=1S/Mn.5H2O/h;5*1H2/q+2;;;;;/p-2. The first-order chi connectivity index (χ1) is 0. The van der Waals surface area contributed by atoms with E-state index in [0.29, 0.717) is 0 Å². The third-order valence-electron chi connectivity index (χ3n) is 0. The van der Waals surface area contributed by atoms with Crippen LogP contribution in [0.15, 0.2) is 0 Å². The van der Waals surface area contributed by atoms with Crippen LogP contribution < -0.4 is 0 Å². The Balaban J connectivity index is 0.